The summed E-state index contributed by atoms with van der Waals surface area (Å²) in [6, 6.07) is 3.71. The Morgan fingerprint density at radius 2 is 1.65 bits per heavy atom. The van der Waals surface area contributed by atoms with E-state index in [0.29, 0.717) is 5.69 Å². The standard InChI is InChI=1S/C11H16N2O2.C6H8N2/c1-8-5-6-12-7-9(8)13-10(14)15-11(2,3)4;1-5-2-3-8-4-6(5)7/h5-7H,1-4H3,(H,13,14);2-4H,7H2,1H3. The number of nitrogen functional groups attached to an aromatic ring is 1. The van der Waals surface area contributed by atoms with Gasteiger partial charge >= 0.3 is 6.09 Å². The van der Waals surface area contributed by atoms with Crippen LogP contribution in [0, 0.1) is 13.8 Å². The van der Waals surface area contributed by atoms with Crippen LogP contribution >= 0.6 is 0 Å². The molecule has 0 radical (unpaired) electrons. The highest BCUT2D eigenvalue weighted by molar-refractivity contribution is 5.85. The average molecular weight is 316 g/mol. The molecule has 0 aliphatic carbocycles. The van der Waals surface area contributed by atoms with Crippen molar-refractivity contribution in [3.63, 3.8) is 0 Å². The minimum absolute atomic E-state index is 0.460. The Balaban J connectivity index is 0.000000277. The Morgan fingerprint density at radius 1 is 1.09 bits per heavy atom. The van der Waals surface area contributed by atoms with Crippen LogP contribution in [-0.2, 0) is 4.74 Å². The first-order valence-corrected chi connectivity index (χ1v) is 7.26. The van der Waals surface area contributed by atoms with Crippen LogP contribution in [0.25, 0.3) is 0 Å². The molecular formula is C17H24N4O2. The van der Waals surface area contributed by atoms with E-state index in [0.717, 1.165) is 16.8 Å². The van der Waals surface area contributed by atoms with E-state index < -0.39 is 11.7 Å². The number of nitrogens with one attached hydrogen (secondary N) is 1. The van der Waals surface area contributed by atoms with Gasteiger partial charge in [-0.3, -0.25) is 15.3 Å². The summed E-state index contributed by atoms with van der Waals surface area (Å²) < 4.78 is 5.12. The maximum absolute atomic E-state index is 11.4. The van der Waals surface area contributed by atoms with Crippen molar-refractivity contribution in [2.24, 2.45) is 0 Å². The number of ether oxygens (including phenoxy) is 1. The van der Waals surface area contributed by atoms with Gasteiger partial charge in [0.1, 0.15) is 5.60 Å². The monoisotopic (exact) mass is 316 g/mol. The van der Waals surface area contributed by atoms with Gasteiger partial charge in [-0.15, -0.1) is 0 Å². The maximum atomic E-state index is 11.4. The van der Waals surface area contributed by atoms with E-state index in [-0.39, 0.29) is 0 Å². The molecule has 6 nitrogen and oxygen atoms in total. The fourth-order valence-corrected chi connectivity index (χ4v) is 1.48. The molecule has 0 spiro atoms. The summed E-state index contributed by atoms with van der Waals surface area (Å²) in [5.74, 6) is 0. The van der Waals surface area contributed by atoms with Crippen LogP contribution in [0.1, 0.15) is 31.9 Å². The number of rotatable bonds is 1. The Labute approximate surface area is 137 Å². The van der Waals surface area contributed by atoms with E-state index >= 15 is 0 Å². The first kappa shape index (κ1) is 18.4. The molecule has 2 heterocycles. The summed E-state index contributed by atoms with van der Waals surface area (Å²) in [4.78, 5) is 19.2. The van der Waals surface area contributed by atoms with Gasteiger partial charge in [0.25, 0.3) is 0 Å². The number of nitrogens with zero attached hydrogens (tertiary/aromatic N) is 2. The summed E-state index contributed by atoms with van der Waals surface area (Å²) in [6.07, 6.45) is 6.19. The van der Waals surface area contributed by atoms with E-state index in [1.165, 1.54) is 0 Å². The zero-order chi connectivity index (χ0) is 17.5. The number of nitrogens with two attached hydrogens (primary N) is 1. The van der Waals surface area contributed by atoms with Crippen LogP contribution in [0.15, 0.2) is 36.9 Å². The smallest absolute Gasteiger partial charge is 0.412 e. The van der Waals surface area contributed by atoms with E-state index in [4.69, 9.17) is 10.5 Å². The topological polar surface area (TPSA) is 90.1 Å². The molecular weight excluding hydrogens is 292 g/mol. The van der Waals surface area contributed by atoms with Gasteiger partial charge in [-0.25, -0.2) is 4.79 Å². The number of hydrogen-bond acceptors (Lipinski definition) is 5. The Kier molecular flexibility index (Phi) is 6.50. The van der Waals surface area contributed by atoms with Crippen LogP contribution in [-0.4, -0.2) is 21.7 Å². The quantitative estimate of drug-likeness (QED) is 0.837. The number of aromatic nitrogens is 2. The molecule has 23 heavy (non-hydrogen) atoms. The third-order valence-electron chi connectivity index (χ3n) is 2.75. The third-order valence-corrected chi connectivity index (χ3v) is 2.75. The molecule has 1 amide bonds. The summed E-state index contributed by atoms with van der Waals surface area (Å²) in [5, 5.41) is 2.64. The number of carbonyl (C=O) groups is 1. The van der Waals surface area contributed by atoms with Crippen molar-refractivity contribution in [3.8, 4) is 0 Å². The minimum atomic E-state index is -0.486. The molecule has 3 N–H and O–H groups in total. The predicted molar refractivity (Wildman–Crippen MR) is 92.2 cm³/mol. The molecule has 2 aromatic heterocycles. The van der Waals surface area contributed by atoms with Gasteiger partial charge in [0.15, 0.2) is 0 Å². The Morgan fingerprint density at radius 3 is 2.09 bits per heavy atom. The largest absolute Gasteiger partial charge is 0.444 e. The fraction of sp³-hybridized carbons (Fsp3) is 0.353. The second-order valence-corrected chi connectivity index (χ2v) is 6.05. The van der Waals surface area contributed by atoms with Crippen molar-refractivity contribution in [2.75, 3.05) is 11.1 Å². The highest BCUT2D eigenvalue weighted by Gasteiger charge is 2.16. The molecule has 0 aliphatic heterocycles. The second kappa shape index (κ2) is 8.12. The van der Waals surface area contributed by atoms with Gasteiger partial charge in [-0.2, -0.15) is 0 Å². The van der Waals surface area contributed by atoms with Crippen molar-refractivity contribution in [3.05, 3.63) is 48.0 Å². The van der Waals surface area contributed by atoms with Crippen LogP contribution in [0.2, 0.25) is 0 Å². The number of amides is 1. The van der Waals surface area contributed by atoms with Crippen LogP contribution < -0.4 is 11.1 Å². The Bertz CT molecular complexity index is 630. The second-order valence-electron chi connectivity index (χ2n) is 6.05. The van der Waals surface area contributed by atoms with Crippen molar-refractivity contribution >= 4 is 17.5 Å². The number of pyridine rings is 2. The molecule has 0 aliphatic rings. The molecule has 0 atom stereocenters. The lowest BCUT2D eigenvalue weighted by Gasteiger charge is -2.19. The maximum Gasteiger partial charge on any atom is 0.412 e. The highest BCUT2D eigenvalue weighted by atomic mass is 16.6. The summed E-state index contributed by atoms with van der Waals surface area (Å²) in [5.41, 5.74) is 8.44. The predicted octanol–water partition coefficient (Wildman–Crippen LogP) is 3.71. The Hall–Kier alpha value is -2.63. The molecule has 0 bridgehead atoms. The third kappa shape index (κ3) is 7.26. The molecule has 6 heteroatoms. The van der Waals surface area contributed by atoms with E-state index in [1.807, 2.05) is 46.8 Å². The number of carbonyl (C=O) groups excluding carboxylic acids is 1. The van der Waals surface area contributed by atoms with Gasteiger partial charge in [0.05, 0.1) is 17.6 Å². The molecule has 0 aromatic carbocycles. The summed E-state index contributed by atoms with van der Waals surface area (Å²) in [6.45, 7) is 9.32. The van der Waals surface area contributed by atoms with Crippen LogP contribution in [0.5, 0.6) is 0 Å². The van der Waals surface area contributed by atoms with Crippen molar-refractivity contribution in [1.29, 1.82) is 0 Å². The van der Waals surface area contributed by atoms with Crippen LogP contribution in [0.3, 0.4) is 0 Å². The number of aryl methyl sites for hydroxylation is 2. The molecule has 2 rings (SSSR count). The number of anilines is 2. The fourth-order valence-electron chi connectivity index (χ4n) is 1.48. The van der Waals surface area contributed by atoms with E-state index in [2.05, 4.69) is 15.3 Å². The molecule has 0 unspecified atom stereocenters. The zero-order valence-corrected chi connectivity index (χ0v) is 14.3. The molecule has 0 saturated carbocycles. The van der Waals surface area contributed by atoms with Gasteiger partial charge in [0, 0.05) is 18.6 Å². The lowest BCUT2D eigenvalue weighted by molar-refractivity contribution is 0.0635. The molecule has 2 aromatic rings. The lowest BCUT2D eigenvalue weighted by Crippen LogP contribution is -2.27. The minimum Gasteiger partial charge on any atom is -0.444 e. The average Bonchev–Trinajstić information content (AvgIpc) is 2.43. The van der Waals surface area contributed by atoms with E-state index in [9.17, 15) is 4.79 Å². The molecule has 0 saturated heterocycles. The highest BCUT2D eigenvalue weighted by Crippen LogP contribution is 2.14. The first-order chi connectivity index (χ1) is 10.7. The van der Waals surface area contributed by atoms with Crippen molar-refractivity contribution in [2.45, 2.75) is 40.2 Å². The normalized spacial score (nSPS) is 10.3. The van der Waals surface area contributed by atoms with Gasteiger partial charge in [-0.05, 0) is 57.9 Å². The SMILES string of the molecule is Cc1ccncc1N.Cc1ccncc1NC(=O)OC(C)(C)C. The number of hydrogen-bond donors (Lipinski definition) is 2. The zero-order valence-electron chi connectivity index (χ0n) is 14.3. The van der Waals surface area contributed by atoms with E-state index in [1.54, 1.807) is 24.8 Å². The van der Waals surface area contributed by atoms with Crippen molar-refractivity contribution in [1.82, 2.24) is 9.97 Å². The summed E-state index contributed by atoms with van der Waals surface area (Å²) in [7, 11) is 0. The summed E-state index contributed by atoms with van der Waals surface area (Å²) >= 11 is 0. The van der Waals surface area contributed by atoms with Crippen molar-refractivity contribution < 1.29 is 9.53 Å². The molecule has 124 valence electrons. The lowest BCUT2D eigenvalue weighted by atomic mass is 10.2. The van der Waals surface area contributed by atoms with Gasteiger partial charge in [-0.1, -0.05) is 0 Å². The molecule has 0 fully saturated rings. The first-order valence-electron chi connectivity index (χ1n) is 7.26. The van der Waals surface area contributed by atoms with Crippen LogP contribution in [0.4, 0.5) is 16.2 Å². The van der Waals surface area contributed by atoms with Gasteiger partial charge in [0.2, 0.25) is 0 Å². The van der Waals surface area contributed by atoms with Gasteiger partial charge < -0.3 is 10.5 Å².